The molecule has 1 rings (SSSR count). The topological polar surface area (TPSA) is 15.3 Å². The molecule has 1 aliphatic heterocycles. The summed E-state index contributed by atoms with van der Waals surface area (Å²) in [5, 5.41) is 3.44. The van der Waals surface area contributed by atoms with Crippen molar-refractivity contribution in [3.05, 3.63) is 0 Å². The van der Waals surface area contributed by atoms with Gasteiger partial charge in [0.25, 0.3) is 0 Å². The number of nitrogens with one attached hydrogen (secondary N) is 1. The molecule has 0 saturated carbocycles. The lowest BCUT2D eigenvalue weighted by molar-refractivity contribution is 0.0585. The molecule has 15 heavy (non-hydrogen) atoms. The van der Waals surface area contributed by atoms with Gasteiger partial charge in [-0.25, -0.2) is 0 Å². The molecule has 1 aliphatic rings. The van der Waals surface area contributed by atoms with E-state index in [0.717, 1.165) is 5.92 Å². The van der Waals surface area contributed by atoms with E-state index in [1.807, 2.05) is 0 Å². The molecule has 90 valence electrons. The molecule has 1 saturated heterocycles. The number of hydrogen-bond donors (Lipinski definition) is 1. The van der Waals surface area contributed by atoms with Crippen molar-refractivity contribution >= 4 is 0 Å². The highest BCUT2D eigenvalue weighted by atomic mass is 15.2. The molecule has 0 aromatic rings. The summed E-state index contributed by atoms with van der Waals surface area (Å²) in [6.45, 7) is 14.2. The van der Waals surface area contributed by atoms with Gasteiger partial charge in [0.05, 0.1) is 0 Å². The molecular weight excluding hydrogens is 184 g/mol. The minimum absolute atomic E-state index is 0.417. The zero-order valence-electron chi connectivity index (χ0n) is 11.3. The second-order valence-electron chi connectivity index (χ2n) is 6.31. The van der Waals surface area contributed by atoms with Crippen molar-refractivity contribution in [2.45, 2.75) is 53.1 Å². The molecule has 2 heteroatoms. The van der Waals surface area contributed by atoms with Crippen LogP contribution in [0, 0.1) is 11.3 Å². The van der Waals surface area contributed by atoms with E-state index in [2.05, 4.69) is 51.9 Å². The summed E-state index contributed by atoms with van der Waals surface area (Å²) in [7, 11) is 2.09. The van der Waals surface area contributed by atoms with E-state index < -0.39 is 0 Å². The Kier molecular flexibility index (Phi) is 4.19. The van der Waals surface area contributed by atoms with Crippen LogP contribution in [0.4, 0.5) is 0 Å². The van der Waals surface area contributed by atoms with Crippen molar-refractivity contribution in [3.8, 4) is 0 Å². The molecular formula is C13H28N2. The number of likely N-dealkylation sites (tertiary alicyclic amines) is 1. The van der Waals surface area contributed by atoms with E-state index in [0.29, 0.717) is 17.5 Å². The second-order valence-corrected chi connectivity index (χ2v) is 6.31. The third-order valence-corrected chi connectivity index (χ3v) is 3.75. The summed E-state index contributed by atoms with van der Waals surface area (Å²) in [4.78, 5) is 2.65. The normalized spacial score (nSPS) is 34.4. The molecule has 1 fully saturated rings. The third-order valence-electron chi connectivity index (χ3n) is 3.75. The standard InChI is InChI=1S/C13H28N2/c1-10-11(2)15(9-13(3,4)5)8-7-12(10)14-6/h10-12,14H,7-9H2,1-6H3. The van der Waals surface area contributed by atoms with Crippen LogP contribution in [-0.4, -0.2) is 37.1 Å². The first kappa shape index (κ1) is 13.0. The molecule has 0 radical (unpaired) electrons. The van der Waals surface area contributed by atoms with Gasteiger partial charge in [-0.15, -0.1) is 0 Å². The van der Waals surface area contributed by atoms with E-state index in [9.17, 15) is 0 Å². The molecule has 2 nitrogen and oxygen atoms in total. The van der Waals surface area contributed by atoms with Crippen LogP contribution in [0.2, 0.25) is 0 Å². The quantitative estimate of drug-likeness (QED) is 0.756. The van der Waals surface area contributed by atoms with Gasteiger partial charge in [-0.05, 0) is 38.3 Å². The van der Waals surface area contributed by atoms with Crippen LogP contribution in [-0.2, 0) is 0 Å². The van der Waals surface area contributed by atoms with Crippen molar-refractivity contribution in [1.29, 1.82) is 0 Å². The first-order chi connectivity index (χ1) is 6.85. The summed E-state index contributed by atoms with van der Waals surface area (Å²) in [5.74, 6) is 0.756. The predicted octanol–water partition coefficient (Wildman–Crippen LogP) is 2.35. The molecule has 0 aromatic carbocycles. The van der Waals surface area contributed by atoms with Gasteiger partial charge in [0.15, 0.2) is 0 Å². The lowest BCUT2D eigenvalue weighted by atomic mass is 9.85. The van der Waals surface area contributed by atoms with E-state index in [4.69, 9.17) is 0 Å². The Morgan fingerprint density at radius 2 is 1.87 bits per heavy atom. The van der Waals surface area contributed by atoms with Crippen LogP contribution >= 0.6 is 0 Å². The molecule has 0 spiro atoms. The summed E-state index contributed by atoms with van der Waals surface area (Å²) in [6.07, 6.45) is 1.29. The molecule has 3 unspecified atom stereocenters. The number of piperidine rings is 1. The van der Waals surface area contributed by atoms with Crippen molar-refractivity contribution < 1.29 is 0 Å². The average Bonchev–Trinajstić information content (AvgIpc) is 2.11. The van der Waals surface area contributed by atoms with Gasteiger partial charge < -0.3 is 5.32 Å². The fourth-order valence-corrected chi connectivity index (χ4v) is 2.68. The smallest absolute Gasteiger partial charge is 0.0117 e. The minimum atomic E-state index is 0.417. The number of hydrogen-bond acceptors (Lipinski definition) is 2. The van der Waals surface area contributed by atoms with E-state index in [-0.39, 0.29) is 0 Å². The van der Waals surface area contributed by atoms with Crippen molar-refractivity contribution in [2.75, 3.05) is 20.1 Å². The van der Waals surface area contributed by atoms with Crippen LogP contribution in [0.5, 0.6) is 0 Å². The van der Waals surface area contributed by atoms with E-state index >= 15 is 0 Å². The zero-order chi connectivity index (χ0) is 11.6. The highest BCUT2D eigenvalue weighted by Crippen LogP contribution is 2.26. The van der Waals surface area contributed by atoms with E-state index in [1.54, 1.807) is 0 Å². The maximum absolute atomic E-state index is 3.44. The summed E-state index contributed by atoms with van der Waals surface area (Å²) in [5.41, 5.74) is 0.417. The van der Waals surface area contributed by atoms with Crippen LogP contribution in [0.1, 0.15) is 41.0 Å². The summed E-state index contributed by atoms with van der Waals surface area (Å²) < 4.78 is 0. The Balaban J connectivity index is 2.56. The van der Waals surface area contributed by atoms with Crippen molar-refractivity contribution in [2.24, 2.45) is 11.3 Å². The van der Waals surface area contributed by atoms with Gasteiger partial charge in [-0.1, -0.05) is 27.7 Å². The molecule has 3 atom stereocenters. The highest BCUT2D eigenvalue weighted by Gasteiger charge is 2.32. The number of rotatable bonds is 2. The second kappa shape index (κ2) is 4.84. The fraction of sp³-hybridized carbons (Fsp3) is 1.00. The third kappa shape index (κ3) is 3.46. The molecule has 1 N–H and O–H groups in total. The Hall–Kier alpha value is -0.0800. The molecule has 0 bridgehead atoms. The molecule has 1 heterocycles. The van der Waals surface area contributed by atoms with Gasteiger partial charge in [0.2, 0.25) is 0 Å². The van der Waals surface area contributed by atoms with Gasteiger partial charge in [0.1, 0.15) is 0 Å². The Labute approximate surface area is 95.4 Å². The molecule has 0 aromatic heterocycles. The maximum Gasteiger partial charge on any atom is 0.0117 e. The number of nitrogens with zero attached hydrogens (tertiary/aromatic N) is 1. The summed E-state index contributed by atoms with van der Waals surface area (Å²) >= 11 is 0. The zero-order valence-corrected chi connectivity index (χ0v) is 11.3. The molecule has 0 amide bonds. The SMILES string of the molecule is CNC1CCN(CC(C)(C)C)C(C)C1C. The lowest BCUT2D eigenvalue weighted by Gasteiger charge is -2.45. The van der Waals surface area contributed by atoms with Crippen LogP contribution in [0.15, 0.2) is 0 Å². The lowest BCUT2D eigenvalue weighted by Crippen LogP contribution is -2.54. The van der Waals surface area contributed by atoms with E-state index in [1.165, 1.54) is 19.5 Å². The minimum Gasteiger partial charge on any atom is -0.317 e. The highest BCUT2D eigenvalue weighted by molar-refractivity contribution is 4.89. The van der Waals surface area contributed by atoms with Crippen LogP contribution < -0.4 is 5.32 Å². The first-order valence-electron chi connectivity index (χ1n) is 6.26. The van der Waals surface area contributed by atoms with Crippen LogP contribution in [0.3, 0.4) is 0 Å². The van der Waals surface area contributed by atoms with Gasteiger partial charge in [-0.3, -0.25) is 4.90 Å². The van der Waals surface area contributed by atoms with Gasteiger partial charge in [0, 0.05) is 18.6 Å². The monoisotopic (exact) mass is 212 g/mol. The fourth-order valence-electron chi connectivity index (χ4n) is 2.68. The first-order valence-corrected chi connectivity index (χ1v) is 6.26. The maximum atomic E-state index is 3.44. The van der Waals surface area contributed by atoms with Gasteiger partial charge in [-0.2, -0.15) is 0 Å². The van der Waals surface area contributed by atoms with Crippen molar-refractivity contribution in [1.82, 2.24) is 10.2 Å². The van der Waals surface area contributed by atoms with Gasteiger partial charge >= 0.3 is 0 Å². The summed E-state index contributed by atoms with van der Waals surface area (Å²) in [6, 6.07) is 1.41. The Bertz CT molecular complexity index is 195. The average molecular weight is 212 g/mol. The Morgan fingerprint density at radius 3 is 2.33 bits per heavy atom. The Morgan fingerprint density at radius 1 is 1.27 bits per heavy atom. The van der Waals surface area contributed by atoms with Crippen molar-refractivity contribution in [3.63, 3.8) is 0 Å². The largest absolute Gasteiger partial charge is 0.317 e. The van der Waals surface area contributed by atoms with Crippen LogP contribution in [0.25, 0.3) is 0 Å². The predicted molar refractivity (Wildman–Crippen MR) is 67.1 cm³/mol. The molecule has 0 aliphatic carbocycles.